The first-order valence-corrected chi connectivity index (χ1v) is 13.8. The van der Waals surface area contributed by atoms with E-state index in [0.717, 1.165) is 5.56 Å². The van der Waals surface area contributed by atoms with E-state index in [2.05, 4.69) is 15.1 Å². The van der Waals surface area contributed by atoms with Crippen molar-refractivity contribution in [1.29, 1.82) is 0 Å². The van der Waals surface area contributed by atoms with Gasteiger partial charge in [-0.3, -0.25) is 24.2 Å². The summed E-state index contributed by atoms with van der Waals surface area (Å²) in [6.07, 6.45) is 7.84. The quantitative estimate of drug-likeness (QED) is 0.172. The fourth-order valence-corrected chi connectivity index (χ4v) is 5.02. The van der Waals surface area contributed by atoms with Gasteiger partial charge in [0.05, 0.1) is 28.2 Å². The number of Topliss-reactive ketones (excluding diaryl/α,β-unsaturated/α-hetero) is 2. The van der Waals surface area contributed by atoms with Crippen LogP contribution in [0.2, 0.25) is 0 Å². The lowest BCUT2D eigenvalue weighted by atomic mass is 9.88. The van der Waals surface area contributed by atoms with E-state index in [0.29, 0.717) is 46.3 Å². The van der Waals surface area contributed by atoms with E-state index in [1.165, 1.54) is 24.3 Å². The number of pyridine rings is 2. The van der Waals surface area contributed by atoms with Gasteiger partial charge in [-0.2, -0.15) is 5.10 Å². The van der Waals surface area contributed by atoms with Gasteiger partial charge in [0.15, 0.2) is 23.1 Å². The van der Waals surface area contributed by atoms with Gasteiger partial charge in [-0.05, 0) is 74.2 Å². The standard InChI is InChI=1S/C33H28F2N4O3/c1-20(2)39-19-23(17-38-39)27-16-28-25(18-37-27)29(9-12-36-28)42-30-8-5-22(13-26(30)35)15-32(41)33(10-11-33)31(40)14-21-3-6-24(34)7-4-21/h3-9,12-13,16-20H,10-11,14-15H2,1-2H3. The van der Waals surface area contributed by atoms with Gasteiger partial charge in [-0.25, -0.2) is 8.78 Å². The Morgan fingerprint density at radius 3 is 2.29 bits per heavy atom. The van der Waals surface area contributed by atoms with Gasteiger partial charge in [0, 0.05) is 43.0 Å². The molecule has 0 bridgehead atoms. The van der Waals surface area contributed by atoms with Gasteiger partial charge in [0.25, 0.3) is 0 Å². The summed E-state index contributed by atoms with van der Waals surface area (Å²) in [7, 11) is 0. The van der Waals surface area contributed by atoms with E-state index in [4.69, 9.17) is 4.74 Å². The summed E-state index contributed by atoms with van der Waals surface area (Å²) < 4.78 is 36.1. The molecule has 0 aliphatic heterocycles. The van der Waals surface area contributed by atoms with Gasteiger partial charge in [-0.1, -0.05) is 18.2 Å². The molecule has 1 saturated carbocycles. The van der Waals surface area contributed by atoms with Crippen LogP contribution in [0.5, 0.6) is 11.5 Å². The number of ether oxygens (including phenoxy) is 1. The first-order chi connectivity index (χ1) is 20.2. The second-order valence-corrected chi connectivity index (χ2v) is 11.0. The molecule has 2 aromatic carbocycles. The van der Waals surface area contributed by atoms with Gasteiger partial charge in [-0.15, -0.1) is 0 Å². The molecule has 0 spiro atoms. The molecule has 9 heteroatoms. The average Bonchev–Trinajstić information content (AvgIpc) is 3.65. The Kier molecular flexibility index (Phi) is 7.10. The number of carbonyl (C=O) groups excluding carboxylic acids is 2. The highest BCUT2D eigenvalue weighted by molar-refractivity contribution is 6.11. The first kappa shape index (κ1) is 27.4. The maximum Gasteiger partial charge on any atom is 0.166 e. The summed E-state index contributed by atoms with van der Waals surface area (Å²) in [6.45, 7) is 4.09. The molecule has 6 rings (SSSR count). The second-order valence-electron chi connectivity index (χ2n) is 11.0. The fraction of sp³-hybridized carbons (Fsp3) is 0.242. The maximum absolute atomic E-state index is 15.2. The van der Waals surface area contributed by atoms with Crippen LogP contribution in [0.1, 0.15) is 43.9 Å². The van der Waals surface area contributed by atoms with Crippen molar-refractivity contribution in [2.75, 3.05) is 0 Å². The third-order valence-corrected chi connectivity index (χ3v) is 7.69. The molecule has 5 aromatic rings. The molecule has 0 radical (unpaired) electrons. The third kappa shape index (κ3) is 5.42. The number of benzene rings is 2. The molecule has 3 aromatic heterocycles. The van der Waals surface area contributed by atoms with E-state index in [-0.39, 0.29) is 42.0 Å². The monoisotopic (exact) mass is 566 g/mol. The number of ketones is 2. The van der Waals surface area contributed by atoms with Crippen LogP contribution in [0.3, 0.4) is 0 Å². The lowest BCUT2D eigenvalue weighted by Gasteiger charge is -2.14. The van der Waals surface area contributed by atoms with Crippen molar-refractivity contribution >= 4 is 22.5 Å². The highest BCUT2D eigenvalue weighted by Crippen LogP contribution is 2.49. The van der Waals surface area contributed by atoms with Gasteiger partial charge >= 0.3 is 0 Å². The number of aromatic nitrogens is 4. The van der Waals surface area contributed by atoms with Crippen LogP contribution in [-0.4, -0.2) is 31.3 Å². The molecule has 42 heavy (non-hydrogen) atoms. The van der Waals surface area contributed by atoms with E-state index >= 15 is 4.39 Å². The fourth-order valence-electron chi connectivity index (χ4n) is 5.02. The molecule has 212 valence electrons. The Labute approximate surface area is 241 Å². The number of fused-ring (bicyclic) bond motifs is 1. The molecule has 0 unspecified atom stereocenters. The zero-order chi connectivity index (χ0) is 29.4. The third-order valence-electron chi connectivity index (χ3n) is 7.69. The van der Waals surface area contributed by atoms with Crippen molar-refractivity contribution in [3.63, 3.8) is 0 Å². The minimum Gasteiger partial charge on any atom is -0.453 e. The van der Waals surface area contributed by atoms with Crippen LogP contribution >= 0.6 is 0 Å². The number of rotatable bonds is 10. The summed E-state index contributed by atoms with van der Waals surface area (Å²) >= 11 is 0. The zero-order valence-electron chi connectivity index (χ0n) is 23.2. The van der Waals surface area contributed by atoms with Crippen LogP contribution in [0.15, 0.2) is 79.4 Å². The highest BCUT2D eigenvalue weighted by atomic mass is 19.1. The molecular formula is C33H28F2N4O3. The normalized spacial score (nSPS) is 13.8. The molecule has 0 N–H and O–H groups in total. The Morgan fingerprint density at radius 1 is 0.905 bits per heavy atom. The Balaban J connectivity index is 1.15. The van der Waals surface area contributed by atoms with Gasteiger partial charge < -0.3 is 4.74 Å². The maximum atomic E-state index is 15.2. The summed E-state index contributed by atoms with van der Waals surface area (Å²) in [5.74, 6) is -1.04. The second kappa shape index (κ2) is 10.9. The number of halogens is 2. The van der Waals surface area contributed by atoms with E-state index in [1.54, 1.807) is 42.9 Å². The Bertz CT molecular complexity index is 1810. The summed E-state index contributed by atoms with van der Waals surface area (Å²) in [5, 5.41) is 4.98. The Hall–Kier alpha value is -4.79. The minimum atomic E-state index is -1.05. The average molecular weight is 567 g/mol. The van der Waals surface area contributed by atoms with Crippen molar-refractivity contribution in [3.8, 4) is 22.8 Å². The summed E-state index contributed by atoms with van der Waals surface area (Å²) in [5.41, 5.74) is 2.28. The summed E-state index contributed by atoms with van der Waals surface area (Å²) in [6, 6.07) is 13.7. The Morgan fingerprint density at radius 2 is 1.62 bits per heavy atom. The van der Waals surface area contributed by atoms with Gasteiger partial charge in [0.2, 0.25) is 0 Å². The topological polar surface area (TPSA) is 87.0 Å². The molecule has 1 aliphatic rings. The van der Waals surface area contributed by atoms with Crippen molar-refractivity contribution in [1.82, 2.24) is 19.7 Å². The predicted octanol–water partition coefficient (Wildman–Crippen LogP) is 6.85. The number of carbonyl (C=O) groups is 2. The van der Waals surface area contributed by atoms with Crippen molar-refractivity contribution in [2.24, 2.45) is 5.41 Å². The minimum absolute atomic E-state index is 0.00509. The molecule has 3 heterocycles. The lowest BCUT2D eigenvalue weighted by molar-refractivity contribution is -0.133. The molecule has 1 aliphatic carbocycles. The van der Waals surface area contributed by atoms with Crippen molar-refractivity contribution in [2.45, 2.75) is 45.6 Å². The number of hydrogen-bond donors (Lipinski definition) is 0. The van der Waals surface area contributed by atoms with Crippen LogP contribution in [0, 0.1) is 17.0 Å². The number of hydrogen-bond acceptors (Lipinski definition) is 6. The molecule has 7 nitrogen and oxygen atoms in total. The highest BCUT2D eigenvalue weighted by Gasteiger charge is 2.54. The van der Waals surface area contributed by atoms with Crippen LogP contribution in [-0.2, 0) is 22.4 Å². The van der Waals surface area contributed by atoms with E-state index in [9.17, 15) is 14.0 Å². The van der Waals surface area contributed by atoms with Crippen LogP contribution < -0.4 is 4.74 Å². The van der Waals surface area contributed by atoms with Crippen molar-refractivity contribution in [3.05, 3.63) is 102 Å². The molecular weight excluding hydrogens is 538 g/mol. The molecule has 1 fully saturated rings. The molecule has 0 amide bonds. The van der Waals surface area contributed by atoms with E-state index in [1.807, 2.05) is 30.8 Å². The lowest BCUT2D eigenvalue weighted by Crippen LogP contribution is -2.28. The predicted molar refractivity (Wildman–Crippen MR) is 153 cm³/mol. The first-order valence-electron chi connectivity index (χ1n) is 13.8. The zero-order valence-corrected chi connectivity index (χ0v) is 23.2. The smallest absolute Gasteiger partial charge is 0.166 e. The van der Waals surface area contributed by atoms with Crippen LogP contribution in [0.25, 0.3) is 22.2 Å². The SMILES string of the molecule is CC(C)n1cc(-c2cc3nccc(Oc4ccc(CC(=O)C5(C(=O)Cc6ccc(F)cc6)CC5)cc4F)c3cn2)cn1. The molecule has 0 atom stereocenters. The van der Waals surface area contributed by atoms with Crippen LogP contribution in [0.4, 0.5) is 8.78 Å². The molecule has 0 saturated heterocycles. The van der Waals surface area contributed by atoms with Crippen molar-refractivity contribution < 1.29 is 23.1 Å². The van der Waals surface area contributed by atoms with Gasteiger partial charge in [0.1, 0.15) is 11.6 Å². The largest absolute Gasteiger partial charge is 0.453 e. The summed E-state index contributed by atoms with van der Waals surface area (Å²) in [4.78, 5) is 35.1. The number of nitrogens with zero attached hydrogens (tertiary/aromatic N) is 4. The van der Waals surface area contributed by atoms with E-state index < -0.39 is 11.2 Å².